The summed E-state index contributed by atoms with van der Waals surface area (Å²) in [6.07, 6.45) is -2.55. The summed E-state index contributed by atoms with van der Waals surface area (Å²) in [5, 5.41) is 32.5. The fourth-order valence-electron chi connectivity index (χ4n) is 2.12. The molecule has 6 nitrogen and oxygen atoms in total. The summed E-state index contributed by atoms with van der Waals surface area (Å²) < 4.78 is 11.0. The van der Waals surface area contributed by atoms with Crippen molar-refractivity contribution in [2.45, 2.75) is 38.2 Å². The molecule has 3 atom stereocenters. The third-order valence-corrected chi connectivity index (χ3v) is 3.28. The van der Waals surface area contributed by atoms with Gasteiger partial charge in [0.2, 0.25) is 0 Å². The number of aliphatic hydroxyl groups excluding tert-OH is 3. The molecule has 0 radical (unpaired) electrons. The monoisotopic (exact) mass is 297 g/mol. The van der Waals surface area contributed by atoms with Crippen molar-refractivity contribution < 1.29 is 24.8 Å². The predicted molar refractivity (Wildman–Crippen MR) is 77.5 cm³/mol. The highest BCUT2D eigenvalue weighted by atomic mass is 16.5. The fraction of sp³-hybridized carbons (Fsp3) is 0.600. The molecule has 6 heteroatoms. The summed E-state index contributed by atoms with van der Waals surface area (Å²) in [5.41, 5.74) is 0.501. The van der Waals surface area contributed by atoms with Gasteiger partial charge in [-0.05, 0) is 6.07 Å². The van der Waals surface area contributed by atoms with Crippen LogP contribution in [0.2, 0.25) is 0 Å². The van der Waals surface area contributed by atoms with E-state index in [4.69, 9.17) is 9.47 Å². The Kier molecular flexibility index (Phi) is 5.41. The van der Waals surface area contributed by atoms with Crippen molar-refractivity contribution in [3.8, 4) is 11.5 Å². The van der Waals surface area contributed by atoms with Gasteiger partial charge in [0, 0.05) is 18.2 Å². The van der Waals surface area contributed by atoms with Crippen molar-refractivity contribution in [3.63, 3.8) is 0 Å². The topological polar surface area (TPSA) is 91.2 Å². The van der Waals surface area contributed by atoms with Crippen LogP contribution in [0.4, 0.5) is 0 Å². The lowest BCUT2D eigenvalue weighted by molar-refractivity contribution is -0.0270. The third kappa shape index (κ3) is 4.07. The predicted octanol–water partition coefficient (Wildman–Crippen LogP) is 0.211. The van der Waals surface area contributed by atoms with E-state index in [1.165, 1.54) is 0 Å². The van der Waals surface area contributed by atoms with Crippen molar-refractivity contribution in [2.75, 3.05) is 19.8 Å². The normalized spacial score (nSPS) is 22.6. The van der Waals surface area contributed by atoms with Gasteiger partial charge in [0.05, 0.1) is 0 Å². The number of aliphatic hydroxyl groups is 3. The lowest BCUT2D eigenvalue weighted by atomic mass is 10.0. The molecule has 4 N–H and O–H groups in total. The molecule has 1 aliphatic rings. The number of para-hydroxylation sites is 1. The summed E-state index contributed by atoms with van der Waals surface area (Å²) in [4.78, 5) is 0. The van der Waals surface area contributed by atoms with Gasteiger partial charge in [-0.3, -0.25) is 0 Å². The van der Waals surface area contributed by atoms with Crippen LogP contribution in [0.5, 0.6) is 11.5 Å². The molecule has 1 aromatic rings. The number of ether oxygens (including phenoxy) is 2. The molecule has 0 fully saturated rings. The van der Waals surface area contributed by atoms with Crippen molar-refractivity contribution >= 4 is 0 Å². The van der Waals surface area contributed by atoms with E-state index in [0.29, 0.717) is 29.6 Å². The first-order chi connectivity index (χ1) is 9.99. The molecule has 21 heavy (non-hydrogen) atoms. The molecule has 0 aliphatic carbocycles. The Balaban J connectivity index is 1.98. The highest BCUT2D eigenvalue weighted by molar-refractivity contribution is 5.49. The first kappa shape index (κ1) is 16.0. The minimum atomic E-state index is -0.982. The van der Waals surface area contributed by atoms with Crippen LogP contribution in [0.3, 0.4) is 0 Å². The quantitative estimate of drug-likeness (QED) is 0.600. The van der Waals surface area contributed by atoms with Gasteiger partial charge in [-0.15, -0.1) is 0 Å². The van der Waals surface area contributed by atoms with Crippen LogP contribution in [0, 0.1) is 0 Å². The van der Waals surface area contributed by atoms with Gasteiger partial charge in [-0.2, -0.15) is 0 Å². The van der Waals surface area contributed by atoms with E-state index < -0.39 is 18.3 Å². The Morgan fingerprint density at radius 1 is 1.38 bits per heavy atom. The van der Waals surface area contributed by atoms with Crippen molar-refractivity contribution in [3.05, 3.63) is 23.8 Å². The van der Waals surface area contributed by atoms with Gasteiger partial charge in [-0.25, -0.2) is 0 Å². The SMILES string of the molecule is CC(C)NCC(O)COc1cccc2c1OCC(O)C2O. The zero-order valence-corrected chi connectivity index (χ0v) is 12.3. The van der Waals surface area contributed by atoms with Crippen LogP contribution in [0.15, 0.2) is 18.2 Å². The molecule has 1 aliphatic heterocycles. The Hall–Kier alpha value is -1.34. The van der Waals surface area contributed by atoms with E-state index in [1.54, 1.807) is 18.2 Å². The van der Waals surface area contributed by atoms with Crippen LogP contribution in [0.1, 0.15) is 25.5 Å². The first-order valence-electron chi connectivity index (χ1n) is 7.15. The van der Waals surface area contributed by atoms with E-state index in [0.717, 1.165) is 0 Å². The van der Waals surface area contributed by atoms with Crippen molar-refractivity contribution in [2.24, 2.45) is 0 Å². The second-order valence-electron chi connectivity index (χ2n) is 5.53. The van der Waals surface area contributed by atoms with E-state index in [-0.39, 0.29) is 13.2 Å². The Morgan fingerprint density at radius 2 is 2.14 bits per heavy atom. The van der Waals surface area contributed by atoms with Gasteiger partial charge in [0.25, 0.3) is 0 Å². The van der Waals surface area contributed by atoms with E-state index in [1.807, 2.05) is 13.8 Å². The third-order valence-electron chi connectivity index (χ3n) is 3.28. The minimum Gasteiger partial charge on any atom is -0.487 e. The lowest BCUT2D eigenvalue weighted by Gasteiger charge is -2.28. The molecule has 0 saturated carbocycles. The van der Waals surface area contributed by atoms with Crippen molar-refractivity contribution in [1.29, 1.82) is 0 Å². The van der Waals surface area contributed by atoms with Crippen LogP contribution in [-0.4, -0.2) is 53.3 Å². The summed E-state index contributed by atoms with van der Waals surface area (Å²) in [5.74, 6) is 0.890. The molecule has 0 spiro atoms. The maximum Gasteiger partial charge on any atom is 0.167 e. The van der Waals surface area contributed by atoms with E-state index in [9.17, 15) is 15.3 Å². The minimum absolute atomic E-state index is 0.0198. The highest BCUT2D eigenvalue weighted by Gasteiger charge is 2.29. The molecule has 1 aromatic carbocycles. The average molecular weight is 297 g/mol. The number of hydrogen-bond acceptors (Lipinski definition) is 6. The largest absolute Gasteiger partial charge is 0.487 e. The van der Waals surface area contributed by atoms with Gasteiger partial charge >= 0.3 is 0 Å². The fourth-order valence-corrected chi connectivity index (χ4v) is 2.12. The number of nitrogens with one attached hydrogen (secondary N) is 1. The first-order valence-corrected chi connectivity index (χ1v) is 7.15. The second kappa shape index (κ2) is 7.09. The van der Waals surface area contributed by atoms with Gasteiger partial charge in [-0.1, -0.05) is 26.0 Å². The summed E-state index contributed by atoms with van der Waals surface area (Å²) in [6.45, 7) is 4.59. The zero-order chi connectivity index (χ0) is 15.4. The molecule has 1 heterocycles. The summed E-state index contributed by atoms with van der Waals surface area (Å²) in [6, 6.07) is 5.42. The molecule has 0 bridgehead atoms. The van der Waals surface area contributed by atoms with Crippen LogP contribution >= 0.6 is 0 Å². The Labute approximate surface area is 124 Å². The molecule has 118 valence electrons. The van der Waals surface area contributed by atoms with Crippen LogP contribution in [-0.2, 0) is 0 Å². The molecule has 3 unspecified atom stereocenters. The van der Waals surface area contributed by atoms with Gasteiger partial charge in [0.15, 0.2) is 11.5 Å². The summed E-state index contributed by atoms with van der Waals surface area (Å²) in [7, 11) is 0. The maximum absolute atomic E-state index is 9.93. The molecular weight excluding hydrogens is 274 g/mol. The van der Waals surface area contributed by atoms with Gasteiger partial charge < -0.3 is 30.1 Å². The standard InChI is InChI=1S/C15H23NO5/c1-9(2)16-6-10(17)7-20-13-5-3-4-11-14(19)12(18)8-21-15(11)13/h3-5,9-10,12,14,16-19H,6-8H2,1-2H3. The second-order valence-corrected chi connectivity index (χ2v) is 5.53. The molecule has 2 rings (SSSR count). The molecule has 0 aromatic heterocycles. The Bertz CT molecular complexity index is 465. The lowest BCUT2D eigenvalue weighted by Crippen LogP contribution is -2.35. The van der Waals surface area contributed by atoms with E-state index >= 15 is 0 Å². The number of rotatable bonds is 6. The van der Waals surface area contributed by atoms with Crippen LogP contribution in [0.25, 0.3) is 0 Å². The maximum atomic E-state index is 9.93. The summed E-state index contributed by atoms with van der Waals surface area (Å²) >= 11 is 0. The molecule has 0 saturated heterocycles. The number of benzene rings is 1. The zero-order valence-electron chi connectivity index (χ0n) is 12.3. The number of fused-ring (bicyclic) bond motifs is 1. The van der Waals surface area contributed by atoms with Crippen LogP contribution < -0.4 is 14.8 Å². The van der Waals surface area contributed by atoms with Crippen molar-refractivity contribution in [1.82, 2.24) is 5.32 Å². The van der Waals surface area contributed by atoms with Gasteiger partial charge in [0.1, 0.15) is 31.5 Å². The number of hydrogen-bond donors (Lipinski definition) is 4. The Morgan fingerprint density at radius 3 is 2.86 bits per heavy atom. The van der Waals surface area contributed by atoms with E-state index in [2.05, 4.69) is 5.32 Å². The highest BCUT2D eigenvalue weighted by Crippen LogP contribution is 2.39. The molecular formula is C15H23NO5. The average Bonchev–Trinajstić information content (AvgIpc) is 2.46. The smallest absolute Gasteiger partial charge is 0.167 e. The molecule has 0 amide bonds.